The van der Waals surface area contributed by atoms with Crippen LogP contribution in [-0.2, 0) is 19.2 Å². The van der Waals surface area contributed by atoms with Gasteiger partial charge in [-0.2, -0.15) is 0 Å². The van der Waals surface area contributed by atoms with Gasteiger partial charge in [0.15, 0.2) is 0 Å². The molecule has 0 amide bonds. The summed E-state index contributed by atoms with van der Waals surface area (Å²) >= 11 is 0. The van der Waals surface area contributed by atoms with E-state index >= 15 is 0 Å². The van der Waals surface area contributed by atoms with Crippen LogP contribution in [0.2, 0.25) is 0 Å². The van der Waals surface area contributed by atoms with E-state index in [9.17, 15) is 29.4 Å². The van der Waals surface area contributed by atoms with Crippen LogP contribution < -0.4 is 69.3 Å². The smallest absolute Gasteiger partial charge is 0.545 e. The standard InChI is InChI=1S/2C4H4O4.2Na/c2*5-3(6)1-2-4(7)8;;/h2*1-2H,(H,5,6)(H,7,8);;/q;;2*+1/p-2. The Bertz CT molecular complexity index is 281. The number of carbonyl (C=O) groups is 4. The Kier molecular flexibility index (Phi) is 23.7. The SMILES string of the molecule is O=C(O)C=CC(=O)O.O=C([O-])C=CC(=O)[O-].[Na+].[Na+]. The fourth-order valence-corrected chi connectivity index (χ4v) is 0.279. The molecule has 0 bridgehead atoms. The van der Waals surface area contributed by atoms with Crippen molar-refractivity contribution in [2.45, 2.75) is 0 Å². The zero-order valence-electron chi connectivity index (χ0n) is 9.65. The van der Waals surface area contributed by atoms with E-state index in [1.807, 2.05) is 0 Å². The normalized spacial score (nSPS) is 8.44. The monoisotopic (exact) mass is 276 g/mol. The molecular weight excluding hydrogens is 270 g/mol. The third-order valence-corrected chi connectivity index (χ3v) is 0.724. The number of carboxylic acids is 4. The molecule has 0 rings (SSSR count). The van der Waals surface area contributed by atoms with Crippen LogP contribution in [0, 0.1) is 0 Å². The van der Waals surface area contributed by atoms with Crippen LogP contribution in [0.1, 0.15) is 0 Å². The summed E-state index contributed by atoms with van der Waals surface area (Å²) in [5, 5.41) is 34.5. The van der Waals surface area contributed by atoms with Crippen molar-refractivity contribution < 1.29 is 98.7 Å². The average molecular weight is 276 g/mol. The summed E-state index contributed by atoms with van der Waals surface area (Å²) in [5.41, 5.74) is 0. The summed E-state index contributed by atoms with van der Waals surface area (Å²) in [5.74, 6) is -5.61. The van der Waals surface area contributed by atoms with Gasteiger partial charge in [-0.3, -0.25) is 0 Å². The van der Waals surface area contributed by atoms with Crippen molar-refractivity contribution in [3.8, 4) is 0 Å². The molecule has 0 aliphatic rings. The van der Waals surface area contributed by atoms with Gasteiger partial charge in [0.05, 0.1) is 11.9 Å². The average Bonchev–Trinajstić information content (AvgIpc) is 2.12. The Hall–Kier alpha value is -0.640. The van der Waals surface area contributed by atoms with E-state index in [-0.39, 0.29) is 59.1 Å². The molecule has 2 N–H and O–H groups in total. The minimum atomic E-state index is -1.55. The van der Waals surface area contributed by atoms with E-state index in [0.29, 0.717) is 24.3 Å². The molecule has 0 unspecified atom stereocenters. The minimum Gasteiger partial charge on any atom is -0.545 e. The van der Waals surface area contributed by atoms with Crippen molar-refractivity contribution in [2.75, 3.05) is 0 Å². The first kappa shape index (κ1) is 26.0. The van der Waals surface area contributed by atoms with Gasteiger partial charge in [0, 0.05) is 12.2 Å². The molecule has 0 heterocycles. The first-order chi connectivity index (χ1) is 7.25. The van der Waals surface area contributed by atoms with Crippen LogP contribution in [0.5, 0.6) is 0 Å². The van der Waals surface area contributed by atoms with E-state index in [2.05, 4.69) is 0 Å². The first-order valence-electron chi connectivity index (χ1n) is 3.49. The zero-order valence-corrected chi connectivity index (χ0v) is 13.7. The summed E-state index contributed by atoms with van der Waals surface area (Å²) < 4.78 is 0. The topological polar surface area (TPSA) is 155 Å². The second-order valence-electron chi connectivity index (χ2n) is 1.98. The largest absolute Gasteiger partial charge is 1.00 e. The van der Waals surface area contributed by atoms with Gasteiger partial charge in [-0.25, -0.2) is 9.59 Å². The van der Waals surface area contributed by atoms with Crippen molar-refractivity contribution in [2.24, 2.45) is 0 Å². The molecule has 0 saturated heterocycles. The second-order valence-corrected chi connectivity index (χ2v) is 1.98. The van der Waals surface area contributed by atoms with Gasteiger partial charge >= 0.3 is 71.1 Å². The summed E-state index contributed by atoms with van der Waals surface area (Å²) in [4.78, 5) is 37.9. The fraction of sp³-hybridized carbons (Fsp3) is 0. The number of hydrogen-bond donors (Lipinski definition) is 2. The maximum Gasteiger partial charge on any atom is 1.00 e. The Labute approximate surface area is 146 Å². The summed E-state index contributed by atoms with van der Waals surface area (Å²) in [6, 6.07) is 0. The zero-order chi connectivity index (χ0) is 13.1. The number of rotatable bonds is 4. The number of aliphatic carboxylic acids is 4. The van der Waals surface area contributed by atoms with Crippen LogP contribution in [-0.4, -0.2) is 34.1 Å². The molecule has 18 heavy (non-hydrogen) atoms. The van der Waals surface area contributed by atoms with Crippen molar-refractivity contribution in [3.05, 3.63) is 24.3 Å². The van der Waals surface area contributed by atoms with Crippen molar-refractivity contribution in [1.82, 2.24) is 0 Å². The first-order valence-corrected chi connectivity index (χ1v) is 3.49. The quantitative estimate of drug-likeness (QED) is 0.378. The van der Waals surface area contributed by atoms with E-state index in [1.54, 1.807) is 0 Å². The maximum atomic E-state index is 9.55. The fourth-order valence-electron chi connectivity index (χ4n) is 0.279. The molecule has 0 aromatic carbocycles. The van der Waals surface area contributed by atoms with Gasteiger partial charge in [0.1, 0.15) is 0 Å². The number of carboxylic acid groups (broad SMARTS) is 4. The van der Waals surface area contributed by atoms with Gasteiger partial charge in [-0.05, 0) is 12.2 Å². The maximum absolute atomic E-state index is 9.55. The van der Waals surface area contributed by atoms with E-state index in [0.717, 1.165) is 0 Å². The van der Waals surface area contributed by atoms with Gasteiger partial charge in [-0.15, -0.1) is 0 Å². The van der Waals surface area contributed by atoms with Gasteiger partial charge < -0.3 is 30.0 Å². The van der Waals surface area contributed by atoms with Crippen LogP contribution >= 0.6 is 0 Å². The van der Waals surface area contributed by atoms with Crippen LogP contribution in [0.15, 0.2) is 24.3 Å². The third kappa shape index (κ3) is 36.2. The summed E-state index contributed by atoms with van der Waals surface area (Å²) in [7, 11) is 0. The van der Waals surface area contributed by atoms with Crippen LogP contribution in [0.3, 0.4) is 0 Å². The third-order valence-electron chi connectivity index (χ3n) is 0.724. The predicted octanol–water partition coefficient (Wildman–Crippen LogP) is -9.24. The summed E-state index contributed by atoms with van der Waals surface area (Å²) in [6.45, 7) is 0. The van der Waals surface area contributed by atoms with Crippen molar-refractivity contribution >= 4 is 23.9 Å². The van der Waals surface area contributed by atoms with Crippen LogP contribution in [0.4, 0.5) is 0 Å². The predicted molar refractivity (Wildman–Crippen MR) is 43.6 cm³/mol. The summed E-state index contributed by atoms with van der Waals surface area (Å²) in [6.07, 6.45) is 1.88. The Morgan fingerprint density at radius 3 is 1.00 bits per heavy atom. The molecule has 0 fully saturated rings. The Morgan fingerprint density at radius 2 is 0.889 bits per heavy atom. The number of hydrogen-bond acceptors (Lipinski definition) is 6. The molecule has 0 spiro atoms. The van der Waals surface area contributed by atoms with Gasteiger partial charge in [0.25, 0.3) is 0 Å². The molecule has 0 aliphatic carbocycles. The Morgan fingerprint density at radius 1 is 0.667 bits per heavy atom. The molecule has 0 saturated carbocycles. The van der Waals surface area contributed by atoms with Gasteiger partial charge in [-0.1, -0.05) is 0 Å². The van der Waals surface area contributed by atoms with Gasteiger partial charge in [0.2, 0.25) is 0 Å². The molecule has 88 valence electrons. The van der Waals surface area contributed by atoms with Crippen molar-refractivity contribution in [3.63, 3.8) is 0 Å². The molecule has 8 nitrogen and oxygen atoms in total. The second kappa shape index (κ2) is 16.4. The Balaban J connectivity index is -0.0000000980. The molecule has 0 atom stereocenters. The minimum absolute atomic E-state index is 0. The molecule has 0 radical (unpaired) electrons. The molecule has 0 aromatic rings. The van der Waals surface area contributed by atoms with Crippen LogP contribution in [0.25, 0.3) is 0 Å². The number of carbonyl (C=O) groups excluding carboxylic acids is 2. The van der Waals surface area contributed by atoms with E-state index < -0.39 is 23.9 Å². The van der Waals surface area contributed by atoms with Crippen molar-refractivity contribution in [1.29, 1.82) is 0 Å². The molecule has 10 heteroatoms. The van der Waals surface area contributed by atoms with E-state index in [1.165, 1.54) is 0 Å². The molecular formula is C8H6Na2O8. The molecule has 0 aromatic heterocycles. The van der Waals surface area contributed by atoms with E-state index in [4.69, 9.17) is 10.2 Å². The molecule has 0 aliphatic heterocycles.